The van der Waals surface area contributed by atoms with Gasteiger partial charge < -0.3 is 15.2 Å². The summed E-state index contributed by atoms with van der Waals surface area (Å²) in [5.74, 6) is -1.57. The Labute approximate surface area is 184 Å². The van der Waals surface area contributed by atoms with E-state index in [0.717, 1.165) is 10.0 Å². The summed E-state index contributed by atoms with van der Waals surface area (Å²) < 4.78 is 6.57. The van der Waals surface area contributed by atoms with Crippen molar-refractivity contribution in [3.8, 4) is 5.75 Å². The fourth-order valence-electron chi connectivity index (χ4n) is 2.56. The van der Waals surface area contributed by atoms with Crippen LogP contribution in [0.3, 0.4) is 0 Å². The molecule has 7 nitrogen and oxygen atoms in total. The minimum absolute atomic E-state index is 0.0475. The Morgan fingerprint density at radius 2 is 1.93 bits per heavy atom. The molecule has 3 amide bonds. The Hall–Kier alpha value is -2.55. The summed E-state index contributed by atoms with van der Waals surface area (Å²) in [6.07, 6.45) is 1.43. The predicted molar refractivity (Wildman–Crippen MR) is 111 cm³/mol. The molecule has 0 bridgehead atoms. The van der Waals surface area contributed by atoms with Crippen LogP contribution in [0, 0.1) is 0 Å². The predicted octanol–water partition coefficient (Wildman–Crippen LogP) is 4.31. The Morgan fingerprint density at radius 1 is 1.17 bits per heavy atom. The number of imide groups is 1. The minimum Gasteiger partial charge on any atom is -0.488 e. The lowest BCUT2D eigenvalue weighted by Gasteiger charge is -2.11. The lowest BCUT2D eigenvalue weighted by molar-refractivity contribution is -0.140. The van der Waals surface area contributed by atoms with Crippen LogP contribution in [-0.2, 0) is 16.2 Å². The van der Waals surface area contributed by atoms with Crippen LogP contribution in [-0.4, -0.2) is 34.5 Å². The van der Waals surface area contributed by atoms with Crippen molar-refractivity contribution in [2.24, 2.45) is 0 Å². The largest absolute Gasteiger partial charge is 0.488 e. The van der Waals surface area contributed by atoms with E-state index in [1.807, 2.05) is 0 Å². The van der Waals surface area contributed by atoms with Crippen LogP contribution >= 0.6 is 39.1 Å². The van der Waals surface area contributed by atoms with Crippen molar-refractivity contribution in [1.82, 2.24) is 10.2 Å². The monoisotopic (exact) mass is 498 g/mol. The van der Waals surface area contributed by atoms with E-state index in [9.17, 15) is 14.4 Å². The molecule has 2 aromatic rings. The zero-order chi connectivity index (χ0) is 21.1. The van der Waals surface area contributed by atoms with Crippen molar-refractivity contribution in [2.75, 3.05) is 6.54 Å². The van der Waals surface area contributed by atoms with Crippen molar-refractivity contribution in [2.45, 2.75) is 6.61 Å². The van der Waals surface area contributed by atoms with Crippen molar-refractivity contribution < 1.29 is 24.2 Å². The van der Waals surface area contributed by atoms with E-state index in [2.05, 4.69) is 21.2 Å². The number of urea groups is 1. The Bertz CT molecular complexity index is 1040. The fourth-order valence-corrected chi connectivity index (χ4v) is 3.26. The molecule has 29 heavy (non-hydrogen) atoms. The van der Waals surface area contributed by atoms with E-state index in [4.69, 9.17) is 33.0 Å². The number of hydrogen-bond donors (Lipinski definition) is 2. The van der Waals surface area contributed by atoms with Crippen LogP contribution in [0.15, 0.2) is 46.6 Å². The van der Waals surface area contributed by atoms with Gasteiger partial charge in [0, 0.05) is 10.0 Å². The first kappa shape index (κ1) is 21.2. The highest BCUT2D eigenvalue weighted by molar-refractivity contribution is 9.10. The van der Waals surface area contributed by atoms with E-state index >= 15 is 0 Å². The fraction of sp³-hybridized carbons (Fsp3) is 0.105. The summed E-state index contributed by atoms with van der Waals surface area (Å²) in [7, 11) is 0. The summed E-state index contributed by atoms with van der Waals surface area (Å²) >= 11 is 15.3. The number of benzene rings is 2. The molecule has 0 aliphatic carbocycles. The molecule has 1 aliphatic rings. The third-order valence-corrected chi connectivity index (χ3v) is 5.14. The highest BCUT2D eigenvalue weighted by Gasteiger charge is 2.35. The number of rotatable bonds is 6. The second-order valence-electron chi connectivity index (χ2n) is 5.99. The molecule has 2 aromatic carbocycles. The average Bonchev–Trinajstić information content (AvgIpc) is 2.91. The van der Waals surface area contributed by atoms with Crippen molar-refractivity contribution in [1.29, 1.82) is 0 Å². The zero-order valence-electron chi connectivity index (χ0n) is 14.6. The Morgan fingerprint density at radius 3 is 2.62 bits per heavy atom. The lowest BCUT2D eigenvalue weighted by Crippen LogP contribution is -2.35. The molecule has 0 spiro atoms. The van der Waals surface area contributed by atoms with Gasteiger partial charge in [-0.1, -0.05) is 45.2 Å². The normalized spacial score (nSPS) is 15.0. The van der Waals surface area contributed by atoms with Gasteiger partial charge >= 0.3 is 12.0 Å². The molecule has 150 valence electrons. The van der Waals surface area contributed by atoms with E-state index in [-0.39, 0.29) is 12.3 Å². The van der Waals surface area contributed by atoms with Gasteiger partial charge in [-0.25, -0.2) is 9.69 Å². The number of nitrogens with zero attached hydrogens (tertiary/aromatic N) is 1. The second kappa shape index (κ2) is 8.86. The van der Waals surface area contributed by atoms with E-state index < -0.39 is 24.5 Å². The molecule has 2 N–H and O–H groups in total. The number of halogens is 3. The quantitative estimate of drug-likeness (QED) is 0.456. The standard InChI is InChI=1S/C19H13BrCl2N2O5/c20-12-2-4-16(29-9-10-1-3-13(21)14(22)5-10)11(6-12)7-15-18(27)24(8-17(25)26)19(28)23-15/h1-7H,8-9H2,(H,23,28)(H,25,26)/b15-7+. The lowest BCUT2D eigenvalue weighted by atomic mass is 10.1. The number of aliphatic carboxylic acids is 1. The second-order valence-corrected chi connectivity index (χ2v) is 7.72. The maximum absolute atomic E-state index is 12.3. The highest BCUT2D eigenvalue weighted by Crippen LogP contribution is 2.28. The number of nitrogens with one attached hydrogen (secondary N) is 1. The maximum atomic E-state index is 12.3. The van der Waals surface area contributed by atoms with Gasteiger partial charge in [-0.2, -0.15) is 0 Å². The molecular formula is C19H13BrCl2N2O5. The van der Waals surface area contributed by atoms with Crippen molar-refractivity contribution in [3.05, 3.63) is 67.7 Å². The summed E-state index contributed by atoms with van der Waals surface area (Å²) in [4.78, 5) is 35.7. The third-order valence-electron chi connectivity index (χ3n) is 3.91. The molecule has 0 radical (unpaired) electrons. The first-order chi connectivity index (χ1) is 13.7. The van der Waals surface area contributed by atoms with E-state index in [1.54, 1.807) is 36.4 Å². The van der Waals surface area contributed by atoms with Gasteiger partial charge in [0.2, 0.25) is 0 Å². The van der Waals surface area contributed by atoms with Crippen molar-refractivity contribution >= 4 is 63.1 Å². The summed E-state index contributed by atoms with van der Waals surface area (Å²) in [5, 5.41) is 12.1. The molecular weight excluding hydrogens is 487 g/mol. The Kier molecular flexibility index (Phi) is 6.46. The van der Waals surface area contributed by atoms with Crippen LogP contribution in [0.5, 0.6) is 5.75 Å². The van der Waals surface area contributed by atoms with E-state index in [0.29, 0.717) is 26.3 Å². The van der Waals surface area contributed by atoms with Gasteiger partial charge in [0.1, 0.15) is 24.6 Å². The van der Waals surface area contributed by atoms with Gasteiger partial charge in [0.15, 0.2) is 0 Å². The molecule has 0 atom stereocenters. The smallest absolute Gasteiger partial charge is 0.329 e. The zero-order valence-corrected chi connectivity index (χ0v) is 17.7. The summed E-state index contributed by atoms with van der Waals surface area (Å²) in [6.45, 7) is -0.526. The first-order valence-corrected chi connectivity index (χ1v) is 9.72. The number of amides is 3. The van der Waals surface area contributed by atoms with Crippen LogP contribution in [0.2, 0.25) is 10.0 Å². The minimum atomic E-state index is -1.29. The van der Waals surface area contributed by atoms with Crippen LogP contribution < -0.4 is 10.1 Å². The number of ether oxygens (including phenoxy) is 1. The average molecular weight is 500 g/mol. The highest BCUT2D eigenvalue weighted by atomic mass is 79.9. The van der Waals surface area contributed by atoms with Crippen LogP contribution in [0.4, 0.5) is 4.79 Å². The molecule has 3 rings (SSSR count). The molecule has 1 saturated heterocycles. The Balaban J connectivity index is 1.84. The molecule has 1 fully saturated rings. The summed E-state index contributed by atoms with van der Waals surface area (Å²) in [6, 6.07) is 9.49. The van der Waals surface area contributed by atoms with Gasteiger partial charge in [-0.15, -0.1) is 0 Å². The molecule has 1 heterocycles. The van der Waals surface area contributed by atoms with Gasteiger partial charge in [0.05, 0.1) is 10.0 Å². The summed E-state index contributed by atoms with van der Waals surface area (Å²) in [5.41, 5.74) is 1.26. The SMILES string of the molecule is O=C(O)CN1C(=O)N/C(=C/c2cc(Br)ccc2OCc2ccc(Cl)c(Cl)c2)C1=O. The molecule has 0 aromatic heterocycles. The number of carbonyl (C=O) groups excluding carboxylic acids is 2. The number of hydrogen-bond acceptors (Lipinski definition) is 4. The van der Waals surface area contributed by atoms with Crippen LogP contribution in [0.1, 0.15) is 11.1 Å². The van der Waals surface area contributed by atoms with E-state index in [1.165, 1.54) is 6.08 Å². The topological polar surface area (TPSA) is 95.9 Å². The first-order valence-electron chi connectivity index (χ1n) is 8.17. The molecule has 10 heteroatoms. The molecule has 0 saturated carbocycles. The van der Waals surface area contributed by atoms with Crippen molar-refractivity contribution in [3.63, 3.8) is 0 Å². The third kappa shape index (κ3) is 5.09. The van der Waals surface area contributed by atoms with Gasteiger partial charge in [0.25, 0.3) is 5.91 Å². The number of carboxylic acid groups (broad SMARTS) is 1. The number of carboxylic acids is 1. The molecule has 0 unspecified atom stereocenters. The number of carbonyl (C=O) groups is 3. The molecule has 1 aliphatic heterocycles. The van der Waals surface area contributed by atoms with Gasteiger partial charge in [-0.05, 0) is 42.0 Å². The maximum Gasteiger partial charge on any atom is 0.329 e. The van der Waals surface area contributed by atoms with Gasteiger partial charge in [-0.3, -0.25) is 9.59 Å². The van der Waals surface area contributed by atoms with Crippen LogP contribution in [0.25, 0.3) is 6.08 Å².